The molecule has 0 radical (unpaired) electrons. The lowest BCUT2D eigenvalue weighted by molar-refractivity contribution is 0.0498. The van der Waals surface area contributed by atoms with Gasteiger partial charge in [-0.1, -0.05) is 53.2 Å². The van der Waals surface area contributed by atoms with Gasteiger partial charge in [0.05, 0.1) is 12.2 Å². The van der Waals surface area contributed by atoms with E-state index in [0.29, 0.717) is 25.2 Å². The number of likely N-dealkylation sites (tertiary alicyclic amines) is 1. The summed E-state index contributed by atoms with van der Waals surface area (Å²) in [6.45, 7) is 3.52. The van der Waals surface area contributed by atoms with Crippen LogP contribution >= 0.6 is 0 Å². The molecule has 0 unspecified atom stereocenters. The second kappa shape index (κ2) is 7.64. The molecule has 1 saturated heterocycles. The van der Waals surface area contributed by atoms with E-state index >= 15 is 0 Å². The average molecular weight is 375 g/mol. The van der Waals surface area contributed by atoms with Crippen molar-refractivity contribution in [3.63, 3.8) is 0 Å². The summed E-state index contributed by atoms with van der Waals surface area (Å²) in [6, 6.07) is 17.3. The van der Waals surface area contributed by atoms with E-state index in [-0.39, 0.29) is 23.6 Å². The van der Waals surface area contributed by atoms with Gasteiger partial charge in [0.1, 0.15) is 0 Å². The van der Waals surface area contributed by atoms with Gasteiger partial charge in [-0.2, -0.15) is 0 Å². The first kappa shape index (κ1) is 17.9. The van der Waals surface area contributed by atoms with Crippen LogP contribution in [0.5, 0.6) is 0 Å². The van der Waals surface area contributed by atoms with E-state index in [0.717, 1.165) is 11.1 Å². The van der Waals surface area contributed by atoms with Crippen LogP contribution in [0.4, 0.5) is 0 Å². The van der Waals surface area contributed by atoms with E-state index in [9.17, 15) is 9.59 Å². The molecule has 28 heavy (non-hydrogen) atoms. The standard InChI is InChI=1S/C21H21N5O2/c1-15-6-5-9-17(10-15)21(28)25-12-18(13-25)26-14-19(23-24-26)20(27)22-11-16-7-3-2-4-8-16/h2-10,14,18H,11-13H2,1H3,(H,22,27). The normalized spacial score (nSPS) is 13.8. The average Bonchev–Trinajstić information content (AvgIpc) is 3.15. The summed E-state index contributed by atoms with van der Waals surface area (Å²) in [5, 5.41) is 10.9. The molecule has 142 valence electrons. The Morgan fingerprint density at radius 2 is 1.89 bits per heavy atom. The van der Waals surface area contributed by atoms with Crippen molar-refractivity contribution in [2.45, 2.75) is 19.5 Å². The van der Waals surface area contributed by atoms with E-state index < -0.39 is 0 Å². The number of nitrogens with zero attached hydrogens (tertiary/aromatic N) is 4. The molecule has 1 aliphatic rings. The number of hydrogen-bond donors (Lipinski definition) is 1. The van der Waals surface area contributed by atoms with Crippen LogP contribution in [0.2, 0.25) is 0 Å². The number of carbonyl (C=O) groups excluding carboxylic acids is 2. The zero-order chi connectivity index (χ0) is 19.5. The van der Waals surface area contributed by atoms with Gasteiger partial charge in [0.2, 0.25) is 0 Å². The molecular weight excluding hydrogens is 354 g/mol. The Bertz CT molecular complexity index is 993. The third-order valence-corrected chi connectivity index (χ3v) is 4.83. The van der Waals surface area contributed by atoms with Gasteiger partial charge < -0.3 is 10.2 Å². The highest BCUT2D eigenvalue weighted by atomic mass is 16.2. The number of aromatic nitrogens is 3. The van der Waals surface area contributed by atoms with Crippen LogP contribution in [0.25, 0.3) is 0 Å². The monoisotopic (exact) mass is 375 g/mol. The van der Waals surface area contributed by atoms with Crippen molar-refractivity contribution >= 4 is 11.8 Å². The van der Waals surface area contributed by atoms with E-state index in [1.54, 1.807) is 15.8 Å². The van der Waals surface area contributed by atoms with E-state index in [1.807, 2.05) is 61.5 Å². The van der Waals surface area contributed by atoms with Crippen molar-refractivity contribution in [2.75, 3.05) is 13.1 Å². The molecule has 7 nitrogen and oxygen atoms in total. The molecule has 1 aliphatic heterocycles. The molecule has 2 aromatic carbocycles. The molecule has 7 heteroatoms. The predicted octanol–water partition coefficient (Wildman–Crippen LogP) is 2.21. The minimum atomic E-state index is -0.262. The number of nitrogens with one attached hydrogen (secondary N) is 1. The first-order valence-corrected chi connectivity index (χ1v) is 9.20. The largest absolute Gasteiger partial charge is 0.347 e. The quantitative estimate of drug-likeness (QED) is 0.741. The Hall–Kier alpha value is -3.48. The Morgan fingerprint density at radius 3 is 2.64 bits per heavy atom. The van der Waals surface area contributed by atoms with Gasteiger partial charge in [0.25, 0.3) is 11.8 Å². The summed E-state index contributed by atoms with van der Waals surface area (Å²) in [5.41, 5.74) is 3.05. The van der Waals surface area contributed by atoms with E-state index in [4.69, 9.17) is 0 Å². The summed E-state index contributed by atoms with van der Waals surface area (Å²) in [5.74, 6) is -0.247. The van der Waals surface area contributed by atoms with Gasteiger partial charge in [-0.15, -0.1) is 5.10 Å². The van der Waals surface area contributed by atoms with Gasteiger partial charge in [0.15, 0.2) is 5.69 Å². The second-order valence-electron chi connectivity index (χ2n) is 6.99. The topological polar surface area (TPSA) is 80.1 Å². The number of benzene rings is 2. The Kier molecular flexibility index (Phi) is 4.89. The molecule has 1 aromatic heterocycles. The number of carbonyl (C=O) groups is 2. The highest BCUT2D eigenvalue weighted by Gasteiger charge is 2.33. The summed E-state index contributed by atoms with van der Waals surface area (Å²) >= 11 is 0. The maximum Gasteiger partial charge on any atom is 0.273 e. The maximum atomic E-state index is 12.5. The molecule has 0 atom stereocenters. The van der Waals surface area contributed by atoms with Crippen LogP contribution in [0, 0.1) is 6.92 Å². The molecule has 3 aromatic rings. The van der Waals surface area contributed by atoms with Crippen molar-refractivity contribution in [1.82, 2.24) is 25.2 Å². The predicted molar refractivity (Wildman–Crippen MR) is 104 cm³/mol. The lowest BCUT2D eigenvalue weighted by Crippen LogP contribution is -2.50. The van der Waals surface area contributed by atoms with Gasteiger partial charge >= 0.3 is 0 Å². The molecule has 0 saturated carbocycles. The lowest BCUT2D eigenvalue weighted by atomic mass is 10.1. The fourth-order valence-corrected chi connectivity index (χ4v) is 3.18. The first-order valence-electron chi connectivity index (χ1n) is 9.20. The lowest BCUT2D eigenvalue weighted by Gasteiger charge is -2.38. The van der Waals surface area contributed by atoms with Crippen molar-refractivity contribution < 1.29 is 9.59 Å². The van der Waals surface area contributed by atoms with Crippen molar-refractivity contribution in [1.29, 1.82) is 0 Å². The molecule has 0 bridgehead atoms. The van der Waals surface area contributed by atoms with Crippen LogP contribution in [-0.2, 0) is 6.54 Å². The summed E-state index contributed by atoms with van der Waals surface area (Å²) in [6.07, 6.45) is 1.64. The van der Waals surface area contributed by atoms with E-state index in [1.165, 1.54) is 0 Å². The van der Waals surface area contributed by atoms with Gasteiger partial charge in [-0.05, 0) is 24.6 Å². The van der Waals surface area contributed by atoms with Crippen LogP contribution in [-0.4, -0.2) is 44.8 Å². The van der Waals surface area contributed by atoms with Gasteiger partial charge in [-0.25, -0.2) is 4.68 Å². The fourth-order valence-electron chi connectivity index (χ4n) is 3.18. The van der Waals surface area contributed by atoms with Gasteiger partial charge in [0, 0.05) is 25.2 Å². The highest BCUT2D eigenvalue weighted by Crippen LogP contribution is 2.23. The molecule has 2 amide bonds. The molecule has 0 spiro atoms. The molecule has 1 N–H and O–H groups in total. The maximum absolute atomic E-state index is 12.5. The zero-order valence-corrected chi connectivity index (χ0v) is 15.6. The number of aryl methyl sites for hydroxylation is 1. The third kappa shape index (κ3) is 3.78. The SMILES string of the molecule is Cc1cccc(C(=O)N2CC(n3cc(C(=O)NCc4ccccc4)nn3)C2)c1. The number of amides is 2. The Labute approximate surface area is 163 Å². The second-order valence-corrected chi connectivity index (χ2v) is 6.99. The van der Waals surface area contributed by atoms with Crippen LogP contribution in [0.1, 0.15) is 38.0 Å². The number of hydrogen-bond acceptors (Lipinski definition) is 4. The van der Waals surface area contributed by atoms with Crippen molar-refractivity contribution in [3.05, 3.63) is 83.2 Å². The van der Waals surface area contributed by atoms with E-state index in [2.05, 4.69) is 15.6 Å². The Morgan fingerprint density at radius 1 is 1.11 bits per heavy atom. The molecular formula is C21H21N5O2. The fraction of sp³-hybridized carbons (Fsp3) is 0.238. The van der Waals surface area contributed by atoms with Crippen LogP contribution in [0.15, 0.2) is 60.8 Å². The minimum absolute atomic E-state index is 0.0147. The number of rotatable bonds is 5. The minimum Gasteiger partial charge on any atom is -0.347 e. The third-order valence-electron chi connectivity index (χ3n) is 4.83. The van der Waals surface area contributed by atoms with Crippen molar-refractivity contribution in [2.24, 2.45) is 0 Å². The molecule has 4 rings (SSSR count). The van der Waals surface area contributed by atoms with Crippen LogP contribution in [0.3, 0.4) is 0 Å². The zero-order valence-electron chi connectivity index (χ0n) is 15.6. The highest BCUT2D eigenvalue weighted by molar-refractivity contribution is 5.95. The Balaban J connectivity index is 1.32. The van der Waals surface area contributed by atoms with Crippen molar-refractivity contribution in [3.8, 4) is 0 Å². The molecule has 2 heterocycles. The first-order chi connectivity index (χ1) is 13.6. The molecule has 0 aliphatic carbocycles. The summed E-state index contributed by atoms with van der Waals surface area (Å²) in [4.78, 5) is 26.5. The van der Waals surface area contributed by atoms with Crippen LogP contribution < -0.4 is 5.32 Å². The summed E-state index contributed by atoms with van der Waals surface area (Å²) in [7, 11) is 0. The summed E-state index contributed by atoms with van der Waals surface area (Å²) < 4.78 is 1.66. The van der Waals surface area contributed by atoms with Gasteiger partial charge in [-0.3, -0.25) is 9.59 Å². The smallest absolute Gasteiger partial charge is 0.273 e. The molecule has 1 fully saturated rings.